The van der Waals surface area contributed by atoms with Gasteiger partial charge in [0.1, 0.15) is 30.5 Å². The van der Waals surface area contributed by atoms with Gasteiger partial charge in [-0.1, -0.05) is 33.8 Å². The van der Waals surface area contributed by atoms with Crippen molar-refractivity contribution < 1.29 is 9.47 Å². The molecule has 3 aromatic carbocycles. The molecular weight excluding hydrogens is 446 g/mol. The van der Waals surface area contributed by atoms with E-state index in [-0.39, 0.29) is 0 Å². The number of benzene rings is 3. The Morgan fingerprint density at radius 1 is 0.750 bits per heavy atom. The van der Waals surface area contributed by atoms with Crippen LogP contribution in [0.2, 0.25) is 0 Å². The number of fused-ring (bicyclic) bond motifs is 1. The first kappa shape index (κ1) is 21.4. The predicted octanol–water partition coefficient (Wildman–Crippen LogP) is 7.60. The molecule has 0 amide bonds. The van der Waals surface area contributed by atoms with Crippen LogP contribution in [-0.4, -0.2) is 15.7 Å². The number of hydrogen-bond donors (Lipinski definition) is 1. The Labute approximate surface area is 211 Å². The molecule has 0 fully saturated rings. The lowest BCUT2D eigenvalue weighted by Crippen LogP contribution is -2.15. The quantitative estimate of drug-likeness (QED) is 0.330. The van der Waals surface area contributed by atoms with Gasteiger partial charge in [-0.15, -0.1) is 0 Å². The molecule has 4 aromatic rings. The Kier molecular flexibility index (Phi) is 4.65. The standard InChI is InChI=1S/C31H29N3O2/c1-16(2)25-10-20-7-18(5-6-24(20)33-25)19-8-22-14-35-27-11-21(26-13-32-31(34-26)17(3)4)12-28-30(27)29(22)23(9-19)15-36-28/h5-9,11-13,16-17H,10,14-15H2,1-4H3,(H,32,34). The van der Waals surface area contributed by atoms with Crippen molar-refractivity contribution in [2.45, 2.75) is 53.2 Å². The van der Waals surface area contributed by atoms with Crippen LogP contribution in [-0.2, 0) is 19.6 Å². The predicted molar refractivity (Wildman–Crippen MR) is 143 cm³/mol. The fourth-order valence-corrected chi connectivity index (χ4v) is 5.53. The zero-order valence-corrected chi connectivity index (χ0v) is 21.1. The van der Waals surface area contributed by atoms with E-state index in [1.54, 1.807) is 0 Å². The molecule has 180 valence electrons. The molecule has 0 unspecified atom stereocenters. The average Bonchev–Trinajstić information content (AvgIpc) is 3.54. The van der Waals surface area contributed by atoms with Gasteiger partial charge in [-0.25, -0.2) is 4.98 Å². The molecule has 36 heavy (non-hydrogen) atoms. The first-order valence-corrected chi connectivity index (χ1v) is 12.8. The number of nitrogens with one attached hydrogen (secondary N) is 1. The van der Waals surface area contributed by atoms with Crippen molar-refractivity contribution in [3.63, 3.8) is 0 Å². The number of nitrogens with zero attached hydrogens (tertiary/aromatic N) is 2. The molecule has 0 bridgehead atoms. The van der Waals surface area contributed by atoms with Crippen LogP contribution in [0.1, 0.15) is 56.1 Å². The maximum atomic E-state index is 6.31. The van der Waals surface area contributed by atoms with Gasteiger partial charge in [-0.2, -0.15) is 0 Å². The molecule has 1 aromatic heterocycles. The minimum absolute atomic E-state index is 0.348. The molecule has 0 atom stereocenters. The highest BCUT2D eigenvalue weighted by molar-refractivity contribution is 5.96. The van der Waals surface area contributed by atoms with E-state index < -0.39 is 0 Å². The van der Waals surface area contributed by atoms with E-state index in [0.717, 1.165) is 46.3 Å². The van der Waals surface area contributed by atoms with E-state index in [9.17, 15) is 0 Å². The van der Waals surface area contributed by atoms with Crippen LogP contribution < -0.4 is 9.47 Å². The van der Waals surface area contributed by atoms with E-state index in [0.29, 0.717) is 25.0 Å². The van der Waals surface area contributed by atoms with E-state index in [1.807, 2.05) is 6.20 Å². The molecule has 3 aliphatic heterocycles. The van der Waals surface area contributed by atoms with Crippen molar-refractivity contribution in [3.05, 3.63) is 71.2 Å². The molecular formula is C31H29N3O2. The molecule has 7 rings (SSSR count). The molecule has 0 spiro atoms. The topological polar surface area (TPSA) is 59.5 Å². The van der Waals surface area contributed by atoms with Crippen molar-refractivity contribution in [1.29, 1.82) is 0 Å². The van der Waals surface area contributed by atoms with E-state index in [1.165, 1.54) is 39.1 Å². The summed E-state index contributed by atoms with van der Waals surface area (Å²) in [7, 11) is 0. The Balaban J connectivity index is 1.27. The second-order valence-electron chi connectivity index (χ2n) is 10.7. The summed E-state index contributed by atoms with van der Waals surface area (Å²) in [5.41, 5.74) is 12.9. The third-order valence-corrected chi connectivity index (χ3v) is 7.55. The second-order valence-corrected chi connectivity index (χ2v) is 10.7. The van der Waals surface area contributed by atoms with Gasteiger partial charge in [0.05, 0.1) is 23.1 Å². The summed E-state index contributed by atoms with van der Waals surface area (Å²) in [6.07, 6.45) is 2.84. The average molecular weight is 476 g/mol. The van der Waals surface area contributed by atoms with Gasteiger partial charge in [0.15, 0.2) is 0 Å². The monoisotopic (exact) mass is 475 g/mol. The lowest BCUT2D eigenvalue weighted by Gasteiger charge is -2.30. The van der Waals surface area contributed by atoms with Crippen LogP contribution in [0.25, 0.3) is 33.5 Å². The van der Waals surface area contributed by atoms with Crippen LogP contribution >= 0.6 is 0 Å². The van der Waals surface area contributed by atoms with E-state index in [2.05, 4.69) is 80.1 Å². The van der Waals surface area contributed by atoms with Gasteiger partial charge in [-0.3, -0.25) is 4.99 Å². The number of H-pyrrole nitrogens is 1. The van der Waals surface area contributed by atoms with Crippen LogP contribution in [0.4, 0.5) is 5.69 Å². The summed E-state index contributed by atoms with van der Waals surface area (Å²) in [5, 5.41) is 0. The van der Waals surface area contributed by atoms with Crippen LogP contribution in [0.3, 0.4) is 0 Å². The highest BCUT2D eigenvalue weighted by Gasteiger charge is 2.30. The van der Waals surface area contributed by atoms with Crippen molar-refractivity contribution in [2.24, 2.45) is 10.9 Å². The number of imidazole rings is 1. The lowest BCUT2D eigenvalue weighted by atomic mass is 9.86. The Morgan fingerprint density at radius 2 is 1.44 bits per heavy atom. The van der Waals surface area contributed by atoms with Crippen LogP contribution in [0.15, 0.2) is 53.7 Å². The van der Waals surface area contributed by atoms with Crippen molar-refractivity contribution in [2.75, 3.05) is 0 Å². The van der Waals surface area contributed by atoms with Crippen LogP contribution in [0.5, 0.6) is 11.5 Å². The van der Waals surface area contributed by atoms with Gasteiger partial charge < -0.3 is 14.5 Å². The number of ether oxygens (including phenoxy) is 2. The summed E-state index contributed by atoms with van der Waals surface area (Å²) in [5.74, 6) is 3.56. The normalized spacial score (nSPS) is 14.9. The fourth-order valence-electron chi connectivity index (χ4n) is 5.53. The molecule has 0 aliphatic carbocycles. The minimum atomic E-state index is 0.348. The second kappa shape index (κ2) is 7.82. The fraction of sp³-hybridized carbons (Fsp3) is 0.290. The van der Waals surface area contributed by atoms with Gasteiger partial charge in [-0.05, 0) is 70.1 Å². The molecule has 0 saturated heterocycles. The third-order valence-electron chi connectivity index (χ3n) is 7.55. The van der Waals surface area contributed by atoms with E-state index >= 15 is 0 Å². The lowest BCUT2D eigenvalue weighted by molar-refractivity contribution is 0.277. The number of aromatic nitrogens is 2. The first-order chi connectivity index (χ1) is 17.4. The van der Waals surface area contributed by atoms with E-state index in [4.69, 9.17) is 14.5 Å². The summed E-state index contributed by atoms with van der Waals surface area (Å²) in [6, 6.07) is 15.4. The molecule has 5 heteroatoms. The van der Waals surface area contributed by atoms with Crippen molar-refractivity contribution in [1.82, 2.24) is 9.97 Å². The SMILES string of the molecule is CC(C)C1=Nc2ccc(-c3cc4c5c(c3)COc3cc(-c6cnc(C(C)C)[nH]6)cc(c3-5)OC4)cc2C1. The molecule has 0 radical (unpaired) electrons. The van der Waals surface area contributed by atoms with Gasteiger partial charge >= 0.3 is 0 Å². The summed E-state index contributed by atoms with van der Waals surface area (Å²) >= 11 is 0. The zero-order chi connectivity index (χ0) is 24.6. The minimum Gasteiger partial charge on any atom is -0.488 e. The highest BCUT2D eigenvalue weighted by atomic mass is 16.5. The maximum Gasteiger partial charge on any atom is 0.132 e. The number of aromatic amines is 1. The Hall–Kier alpha value is -3.86. The molecule has 0 saturated carbocycles. The zero-order valence-electron chi connectivity index (χ0n) is 21.1. The summed E-state index contributed by atoms with van der Waals surface area (Å²) < 4.78 is 12.6. The number of rotatable bonds is 4. The Morgan fingerprint density at radius 3 is 2.08 bits per heavy atom. The van der Waals surface area contributed by atoms with Gasteiger partial charge in [0.2, 0.25) is 0 Å². The third kappa shape index (κ3) is 3.29. The summed E-state index contributed by atoms with van der Waals surface area (Å²) in [6.45, 7) is 9.81. The van der Waals surface area contributed by atoms with Crippen molar-refractivity contribution in [3.8, 4) is 45.0 Å². The van der Waals surface area contributed by atoms with Crippen molar-refractivity contribution >= 4 is 11.4 Å². The van der Waals surface area contributed by atoms with Gasteiger partial charge in [0.25, 0.3) is 0 Å². The molecule has 5 nitrogen and oxygen atoms in total. The van der Waals surface area contributed by atoms with Gasteiger partial charge in [0, 0.05) is 29.2 Å². The Bertz CT molecular complexity index is 1520. The summed E-state index contributed by atoms with van der Waals surface area (Å²) in [4.78, 5) is 12.8. The largest absolute Gasteiger partial charge is 0.488 e. The molecule has 4 heterocycles. The van der Waals surface area contributed by atoms with Crippen LogP contribution in [0, 0.1) is 5.92 Å². The number of aliphatic imine (C=N–C) groups is 1. The number of hydrogen-bond acceptors (Lipinski definition) is 4. The molecule has 1 N–H and O–H groups in total. The first-order valence-electron chi connectivity index (χ1n) is 12.8. The highest BCUT2D eigenvalue weighted by Crippen LogP contribution is 2.51. The molecule has 3 aliphatic rings. The maximum absolute atomic E-state index is 6.31. The smallest absolute Gasteiger partial charge is 0.132 e.